The molecule has 134 valence electrons. The summed E-state index contributed by atoms with van der Waals surface area (Å²) in [5, 5.41) is 2.89. The molecule has 1 amide bonds. The molecule has 0 heterocycles. The van der Waals surface area contributed by atoms with Crippen molar-refractivity contribution < 1.29 is 19.0 Å². The third-order valence-corrected chi connectivity index (χ3v) is 4.08. The molecule has 0 radical (unpaired) electrons. The van der Waals surface area contributed by atoms with Crippen molar-refractivity contribution in [3.8, 4) is 17.2 Å². The maximum absolute atomic E-state index is 12.2. The summed E-state index contributed by atoms with van der Waals surface area (Å²) >= 11 is 0. The van der Waals surface area contributed by atoms with E-state index in [1.54, 1.807) is 39.5 Å². The van der Waals surface area contributed by atoms with Crippen molar-refractivity contribution in [3.63, 3.8) is 0 Å². The molecule has 2 aromatic rings. The lowest BCUT2D eigenvalue weighted by Gasteiger charge is -2.12. The number of hydrogen-bond acceptors (Lipinski definition) is 4. The summed E-state index contributed by atoms with van der Waals surface area (Å²) in [5.41, 5.74) is 3.02. The molecule has 0 bridgehead atoms. The third-order valence-electron chi connectivity index (χ3n) is 4.08. The highest BCUT2D eigenvalue weighted by Crippen LogP contribution is 2.29. The van der Waals surface area contributed by atoms with Gasteiger partial charge in [-0.1, -0.05) is 6.07 Å². The molecule has 0 atom stereocenters. The Morgan fingerprint density at radius 1 is 0.960 bits per heavy atom. The van der Waals surface area contributed by atoms with Crippen molar-refractivity contribution in [3.05, 3.63) is 47.5 Å². The predicted molar refractivity (Wildman–Crippen MR) is 98.8 cm³/mol. The molecule has 0 aromatic heterocycles. The number of methoxy groups -OCH3 is 3. The lowest BCUT2D eigenvalue weighted by molar-refractivity contribution is -0.116. The third kappa shape index (κ3) is 5.14. The largest absolute Gasteiger partial charge is 0.497 e. The van der Waals surface area contributed by atoms with Crippen LogP contribution in [0.15, 0.2) is 36.4 Å². The summed E-state index contributed by atoms with van der Waals surface area (Å²) in [7, 11) is 4.82. The van der Waals surface area contributed by atoms with Crippen LogP contribution in [0.5, 0.6) is 17.2 Å². The van der Waals surface area contributed by atoms with E-state index in [-0.39, 0.29) is 5.91 Å². The molecule has 0 aliphatic heterocycles. The van der Waals surface area contributed by atoms with E-state index in [0.29, 0.717) is 23.6 Å². The maximum atomic E-state index is 12.2. The second-order valence-electron chi connectivity index (χ2n) is 5.76. The quantitative estimate of drug-likeness (QED) is 0.787. The minimum atomic E-state index is -0.0438. The van der Waals surface area contributed by atoms with E-state index in [9.17, 15) is 4.79 Å². The van der Waals surface area contributed by atoms with Gasteiger partial charge in [0, 0.05) is 12.5 Å². The van der Waals surface area contributed by atoms with Crippen molar-refractivity contribution >= 4 is 11.6 Å². The summed E-state index contributed by atoms with van der Waals surface area (Å²) < 4.78 is 15.7. The van der Waals surface area contributed by atoms with Gasteiger partial charge in [-0.25, -0.2) is 0 Å². The van der Waals surface area contributed by atoms with Crippen molar-refractivity contribution in [1.82, 2.24) is 0 Å². The van der Waals surface area contributed by atoms with Gasteiger partial charge < -0.3 is 19.5 Å². The summed E-state index contributed by atoms with van der Waals surface area (Å²) in [6.07, 6.45) is 2.05. The van der Waals surface area contributed by atoms with E-state index in [4.69, 9.17) is 14.2 Å². The zero-order valence-corrected chi connectivity index (χ0v) is 15.2. The fourth-order valence-corrected chi connectivity index (χ4v) is 2.64. The lowest BCUT2D eigenvalue weighted by Crippen LogP contribution is -2.12. The highest BCUT2D eigenvalue weighted by atomic mass is 16.5. The van der Waals surface area contributed by atoms with Crippen molar-refractivity contribution in [2.75, 3.05) is 26.6 Å². The Balaban J connectivity index is 1.91. The van der Waals surface area contributed by atoms with Crippen LogP contribution < -0.4 is 19.5 Å². The Labute approximate surface area is 148 Å². The number of aryl methyl sites for hydroxylation is 2. The molecule has 0 unspecified atom stereocenters. The van der Waals surface area contributed by atoms with Gasteiger partial charge in [-0.2, -0.15) is 0 Å². The molecular formula is C20H25NO4. The van der Waals surface area contributed by atoms with Crippen LogP contribution in [0, 0.1) is 6.92 Å². The maximum Gasteiger partial charge on any atom is 0.224 e. The standard InChI is InChI=1S/C20H25NO4/c1-14-12-16(23-2)9-8-15(14)6-5-7-20(22)21-18-13-17(24-3)10-11-19(18)25-4/h8-13H,5-7H2,1-4H3,(H,21,22). The average molecular weight is 343 g/mol. The Kier molecular flexibility index (Phi) is 6.69. The van der Waals surface area contributed by atoms with E-state index >= 15 is 0 Å². The zero-order valence-electron chi connectivity index (χ0n) is 15.2. The minimum absolute atomic E-state index is 0.0438. The zero-order chi connectivity index (χ0) is 18.2. The molecular weight excluding hydrogens is 318 g/mol. The monoisotopic (exact) mass is 343 g/mol. The van der Waals surface area contributed by atoms with E-state index < -0.39 is 0 Å². The first-order valence-corrected chi connectivity index (χ1v) is 8.22. The fourth-order valence-electron chi connectivity index (χ4n) is 2.64. The SMILES string of the molecule is COc1ccc(CCCC(=O)Nc2cc(OC)ccc2OC)c(C)c1. The number of hydrogen-bond donors (Lipinski definition) is 1. The van der Waals surface area contributed by atoms with Crippen LogP contribution in [-0.4, -0.2) is 27.2 Å². The van der Waals surface area contributed by atoms with Gasteiger partial charge in [-0.3, -0.25) is 4.79 Å². The average Bonchev–Trinajstić information content (AvgIpc) is 2.62. The molecule has 0 fully saturated rings. The first-order valence-electron chi connectivity index (χ1n) is 8.22. The second kappa shape index (κ2) is 8.97. The van der Waals surface area contributed by atoms with Gasteiger partial charge in [-0.05, 0) is 55.2 Å². The molecule has 0 saturated carbocycles. The van der Waals surface area contributed by atoms with Gasteiger partial charge in [0.25, 0.3) is 0 Å². The van der Waals surface area contributed by atoms with Gasteiger partial charge in [-0.15, -0.1) is 0 Å². The topological polar surface area (TPSA) is 56.8 Å². The molecule has 0 aliphatic rings. The Morgan fingerprint density at radius 3 is 2.28 bits per heavy atom. The van der Waals surface area contributed by atoms with Crippen LogP contribution in [0.1, 0.15) is 24.0 Å². The summed E-state index contributed by atoms with van der Waals surface area (Å²) in [5.74, 6) is 2.09. The number of anilines is 1. The highest BCUT2D eigenvalue weighted by Gasteiger charge is 2.09. The van der Waals surface area contributed by atoms with Crippen molar-refractivity contribution in [2.45, 2.75) is 26.2 Å². The van der Waals surface area contributed by atoms with Crippen LogP contribution in [-0.2, 0) is 11.2 Å². The fraction of sp³-hybridized carbons (Fsp3) is 0.350. The Hall–Kier alpha value is -2.69. The van der Waals surface area contributed by atoms with E-state index in [0.717, 1.165) is 18.6 Å². The molecule has 0 saturated heterocycles. The first kappa shape index (κ1) is 18.6. The smallest absolute Gasteiger partial charge is 0.224 e. The number of ether oxygens (including phenoxy) is 3. The summed E-state index contributed by atoms with van der Waals surface area (Å²) in [6.45, 7) is 2.05. The molecule has 5 heteroatoms. The van der Waals surface area contributed by atoms with Crippen molar-refractivity contribution in [1.29, 1.82) is 0 Å². The molecule has 2 aromatic carbocycles. The van der Waals surface area contributed by atoms with Gasteiger partial charge in [0.1, 0.15) is 17.2 Å². The molecule has 0 aliphatic carbocycles. The molecule has 1 N–H and O–H groups in total. The number of nitrogens with one attached hydrogen (secondary N) is 1. The lowest BCUT2D eigenvalue weighted by atomic mass is 10.0. The summed E-state index contributed by atoms with van der Waals surface area (Å²) in [4.78, 5) is 12.2. The predicted octanol–water partition coefficient (Wildman–Crippen LogP) is 3.98. The van der Waals surface area contributed by atoms with Crippen LogP contribution in [0.4, 0.5) is 5.69 Å². The second-order valence-corrected chi connectivity index (χ2v) is 5.76. The number of carbonyl (C=O) groups excluding carboxylic acids is 1. The number of amides is 1. The minimum Gasteiger partial charge on any atom is -0.497 e. The van der Waals surface area contributed by atoms with E-state index in [1.165, 1.54) is 11.1 Å². The molecule has 0 spiro atoms. The van der Waals surface area contributed by atoms with Crippen molar-refractivity contribution in [2.24, 2.45) is 0 Å². The van der Waals surface area contributed by atoms with E-state index in [2.05, 4.69) is 18.3 Å². The van der Waals surface area contributed by atoms with Crippen LogP contribution in [0.2, 0.25) is 0 Å². The van der Waals surface area contributed by atoms with Crippen LogP contribution in [0.3, 0.4) is 0 Å². The Morgan fingerprint density at radius 2 is 1.64 bits per heavy atom. The van der Waals surface area contributed by atoms with Gasteiger partial charge >= 0.3 is 0 Å². The van der Waals surface area contributed by atoms with Gasteiger partial charge in [0.15, 0.2) is 0 Å². The molecule has 25 heavy (non-hydrogen) atoms. The molecule has 2 rings (SSSR count). The first-order chi connectivity index (χ1) is 12.1. The number of benzene rings is 2. The highest BCUT2D eigenvalue weighted by molar-refractivity contribution is 5.92. The summed E-state index contributed by atoms with van der Waals surface area (Å²) in [6, 6.07) is 11.3. The van der Waals surface area contributed by atoms with Crippen LogP contribution in [0.25, 0.3) is 0 Å². The van der Waals surface area contributed by atoms with Gasteiger partial charge in [0.2, 0.25) is 5.91 Å². The number of rotatable bonds is 8. The Bertz CT molecular complexity index is 728. The van der Waals surface area contributed by atoms with E-state index in [1.807, 2.05) is 12.1 Å². The number of carbonyl (C=O) groups is 1. The van der Waals surface area contributed by atoms with Crippen LogP contribution >= 0.6 is 0 Å². The van der Waals surface area contributed by atoms with Gasteiger partial charge in [0.05, 0.1) is 27.0 Å². The molecule has 5 nitrogen and oxygen atoms in total. The normalized spacial score (nSPS) is 10.2.